The van der Waals surface area contributed by atoms with Crippen molar-refractivity contribution in [3.05, 3.63) is 63.2 Å². The highest BCUT2D eigenvalue weighted by Crippen LogP contribution is 2.30. The third-order valence-electron chi connectivity index (χ3n) is 4.36. The van der Waals surface area contributed by atoms with Gasteiger partial charge in [0.15, 0.2) is 5.75 Å². The molecule has 1 aliphatic carbocycles. The van der Waals surface area contributed by atoms with E-state index >= 15 is 0 Å². The smallest absolute Gasteiger partial charge is 0.365 e. The molecule has 1 aliphatic rings. The molecule has 8 nitrogen and oxygen atoms in total. The number of aromatic hydroxyl groups is 1. The van der Waals surface area contributed by atoms with Crippen molar-refractivity contribution in [2.24, 2.45) is 11.1 Å². The Bertz CT molecular complexity index is 938. The molecule has 0 aromatic heterocycles. The number of nitro groups is 1. The lowest BCUT2D eigenvalue weighted by atomic mass is 9.83. The Morgan fingerprint density at radius 3 is 2.74 bits per heavy atom. The van der Waals surface area contributed by atoms with Crippen LogP contribution in [-0.2, 0) is 11.3 Å². The summed E-state index contributed by atoms with van der Waals surface area (Å²) in [6, 6.07) is 8.78. The summed E-state index contributed by atoms with van der Waals surface area (Å²) in [5.41, 5.74) is 2.02. The van der Waals surface area contributed by atoms with E-state index < -0.39 is 10.9 Å². The summed E-state index contributed by atoms with van der Waals surface area (Å²) >= 11 is 0. The van der Waals surface area contributed by atoms with Crippen molar-refractivity contribution in [1.29, 1.82) is 0 Å². The fraction of sp³-hybridized carbons (Fsp3) is 0.263. The van der Waals surface area contributed by atoms with Gasteiger partial charge in [-0.2, -0.15) is 0 Å². The molecule has 0 fully saturated rings. The Hall–Kier alpha value is -3.42. The number of fused-ring (bicyclic) bond motifs is 1. The molecule has 0 unspecified atom stereocenters. The topological polar surface area (TPSA) is 111 Å². The number of hydrogen-bond acceptors (Lipinski definition) is 7. The van der Waals surface area contributed by atoms with Gasteiger partial charge in [-0.15, -0.1) is 0 Å². The minimum Gasteiger partial charge on any atom is -0.508 e. The average molecular weight is 370 g/mol. The lowest BCUT2D eigenvalue weighted by molar-refractivity contribution is -0.385. The molecule has 2 aromatic carbocycles. The second kappa shape index (κ2) is 7.45. The molecule has 0 saturated carbocycles. The average Bonchev–Trinajstić information content (AvgIpc) is 2.64. The van der Waals surface area contributed by atoms with Gasteiger partial charge in [-0.3, -0.25) is 10.1 Å². The molecule has 0 bridgehead atoms. The van der Waals surface area contributed by atoms with Crippen LogP contribution in [0.15, 0.2) is 41.6 Å². The molecule has 0 saturated heterocycles. The molecular formula is C19H18N2O6. The van der Waals surface area contributed by atoms with E-state index in [0.717, 1.165) is 23.6 Å². The standard InChI is InChI=1S/C19H18N2O6/c1-11-7-13-9-14(22)4-5-15(13)16(8-11)20-27-19(23)12-3-6-18(26-2)17(10-12)21(24)25/h3-6,9-11,22H,7-8H2,1-2H3/b20-16-/t11-/m1/s1. The number of oxime groups is 1. The maximum absolute atomic E-state index is 12.3. The van der Waals surface area contributed by atoms with E-state index in [2.05, 4.69) is 5.16 Å². The first kappa shape index (κ1) is 18.4. The van der Waals surface area contributed by atoms with E-state index in [1.54, 1.807) is 18.2 Å². The van der Waals surface area contributed by atoms with Crippen LogP contribution in [0, 0.1) is 16.0 Å². The third kappa shape index (κ3) is 3.89. The van der Waals surface area contributed by atoms with Crippen LogP contribution < -0.4 is 4.74 Å². The van der Waals surface area contributed by atoms with Crippen molar-refractivity contribution in [1.82, 2.24) is 0 Å². The highest BCUT2D eigenvalue weighted by Gasteiger charge is 2.23. The molecule has 0 aliphatic heterocycles. The second-order valence-corrected chi connectivity index (χ2v) is 6.42. The summed E-state index contributed by atoms with van der Waals surface area (Å²) in [6.07, 6.45) is 1.41. The summed E-state index contributed by atoms with van der Waals surface area (Å²) in [6.45, 7) is 2.04. The molecule has 1 N–H and O–H groups in total. The number of hydrogen-bond donors (Lipinski definition) is 1. The largest absolute Gasteiger partial charge is 0.508 e. The van der Waals surface area contributed by atoms with Crippen LogP contribution in [0.4, 0.5) is 5.69 Å². The Morgan fingerprint density at radius 1 is 1.26 bits per heavy atom. The number of carbonyl (C=O) groups is 1. The Morgan fingerprint density at radius 2 is 2.04 bits per heavy atom. The maximum atomic E-state index is 12.3. The predicted molar refractivity (Wildman–Crippen MR) is 97.2 cm³/mol. The van der Waals surface area contributed by atoms with E-state index in [1.807, 2.05) is 6.92 Å². The number of nitro benzene ring substituents is 1. The van der Waals surface area contributed by atoms with Crippen LogP contribution in [0.3, 0.4) is 0 Å². The monoisotopic (exact) mass is 370 g/mol. The van der Waals surface area contributed by atoms with Gasteiger partial charge in [0, 0.05) is 11.6 Å². The van der Waals surface area contributed by atoms with E-state index in [-0.39, 0.29) is 28.7 Å². The van der Waals surface area contributed by atoms with Gasteiger partial charge in [0.1, 0.15) is 5.75 Å². The second-order valence-electron chi connectivity index (χ2n) is 6.42. The molecule has 8 heteroatoms. The summed E-state index contributed by atoms with van der Waals surface area (Å²) in [4.78, 5) is 27.8. The summed E-state index contributed by atoms with van der Waals surface area (Å²) < 4.78 is 4.92. The van der Waals surface area contributed by atoms with Crippen molar-refractivity contribution in [3.8, 4) is 11.5 Å². The summed E-state index contributed by atoms with van der Waals surface area (Å²) in [5, 5.41) is 24.7. The molecule has 0 radical (unpaired) electrons. The van der Waals surface area contributed by atoms with Crippen LogP contribution >= 0.6 is 0 Å². The predicted octanol–water partition coefficient (Wildman–Crippen LogP) is 3.45. The van der Waals surface area contributed by atoms with Gasteiger partial charge in [-0.05, 0) is 54.7 Å². The van der Waals surface area contributed by atoms with Crippen molar-refractivity contribution >= 4 is 17.4 Å². The lowest BCUT2D eigenvalue weighted by Gasteiger charge is -2.22. The Kier molecular flexibility index (Phi) is 5.07. The number of carbonyl (C=O) groups excluding carboxylic acids is 1. The number of ether oxygens (including phenoxy) is 1. The van der Waals surface area contributed by atoms with Gasteiger partial charge in [-0.1, -0.05) is 12.1 Å². The Labute approximate surface area is 155 Å². The fourth-order valence-corrected chi connectivity index (χ4v) is 3.11. The first-order valence-corrected chi connectivity index (χ1v) is 8.32. The Balaban J connectivity index is 1.85. The maximum Gasteiger partial charge on any atom is 0.365 e. The molecule has 3 rings (SSSR count). The zero-order valence-corrected chi connectivity index (χ0v) is 14.8. The minimum absolute atomic E-state index is 0.00152. The van der Waals surface area contributed by atoms with Gasteiger partial charge < -0.3 is 14.7 Å². The molecule has 27 heavy (non-hydrogen) atoms. The third-order valence-corrected chi connectivity index (χ3v) is 4.36. The van der Waals surface area contributed by atoms with Gasteiger partial charge in [0.25, 0.3) is 0 Å². The number of methoxy groups -OCH3 is 1. The normalized spacial score (nSPS) is 17.3. The summed E-state index contributed by atoms with van der Waals surface area (Å²) in [7, 11) is 1.31. The van der Waals surface area contributed by atoms with E-state index in [0.29, 0.717) is 12.1 Å². The number of phenolic OH excluding ortho intramolecular Hbond substituents is 1. The van der Waals surface area contributed by atoms with Crippen LogP contribution in [0.2, 0.25) is 0 Å². The van der Waals surface area contributed by atoms with Crippen molar-refractivity contribution in [2.45, 2.75) is 19.8 Å². The molecule has 2 aromatic rings. The van der Waals surface area contributed by atoms with Crippen molar-refractivity contribution in [2.75, 3.05) is 7.11 Å². The molecule has 0 amide bonds. The van der Waals surface area contributed by atoms with Gasteiger partial charge in [-0.25, -0.2) is 4.79 Å². The molecule has 1 atom stereocenters. The number of nitrogens with zero attached hydrogens (tertiary/aromatic N) is 2. The fourth-order valence-electron chi connectivity index (χ4n) is 3.11. The zero-order valence-electron chi connectivity index (χ0n) is 14.8. The highest BCUT2D eigenvalue weighted by atomic mass is 16.7. The van der Waals surface area contributed by atoms with Gasteiger partial charge in [0.2, 0.25) is 0 Å². The van der Waals surface area contributed by atoms with E-state index in [9.17, 15) is 20.0 Å². The van der Waals surface area contributed by atoms with Crippen LogP contribution in [-0.4, -0.2) is 28.8 Å². The summed E-state index contributed by atoms with van der Waals surface area (Å²) in [5.74, 6) is -0.298. The highest BCUT2D eigenvalue weighted by molar-refractivity contribution is 6.03. The first-order valence-electron chi connectivity index (χ1n) is 8.32. The van der Waals surface area contributed by atoms with Crippen molar-refractivity contribution < 1.29 is 24.4 Å². The van der Waals surface area contributed by atoms with Gasteiger partial charge in [0.05, 0.1) is 23.3 Å². The van der Waals surface area contributed by atoms with Crippen LogP contribution in [0.5, 0.6) is 11.5 Å². The SMILES string of the molecule is COc1ccc(C(=O)O/N=C2/C[C@H](C)Cc3cc(O)ccc32)cc1[N+](=O)[O-]. The molecular weight excluding hydrogens is 352 g/mol. The number of rotatable bonds is 4. The van der Waals surface area contributed by atoms with Gasteiger partial charge >= 0.3 is 11.7 Å². The molecule has 0 spiro atoms. The quantitative estimate of drug-likeness (QED) is 0.501. The van der Waals surface area contributed by atoms with E-state index in [1.165, 1.54) is 19.2 Å². The lowest BCUT2D eigenvalue weighted by Crippen LogP contribution is -2.19. The minimum atomic E-state index is -0.799. The molecule has 140 valence electrons. The van der Waals surface area contributed by atoms with Crippen molar-refractivity contribution in [3.63, 3.8) is 0 Å². The van der Waals surface area contributed by atoms with Crippen LogP contribution in [0.1, 0.15) is 34.8 Å². The number of benzene rings is 2. The van der Waals surface area contributed by atoms with Crippen LogP contribution in [0.25, 0.3) is 0 Å². The zero-order chi connectivity index (χ0) is 19.6. The van der Waals surface area contributed by atoms with E-state index in [4.69, 9.17) is 9.57 Å². The number of phenols is 1. The molecule has 0 heterocycles. The first-order chi connectivity index (χ1) is 12.9.